The van der Waals surface area contributed by atoms with Crippen molar-refractivity contribution in [3.8, 4) is 11.5 Å². The molecule has 0 unspecified atom stereocenters. The summed E-state index contributed by atoms with van der Waals surface area (Å²) in [5, 5.41) is 5.43. The number of rotatable bonds is 7. The van der Waals surface area contributed by atoms with Gasteiger partial charge in [-0.05, 0) is 50.1 Å². The molecular weight excluding hydrogens is 384 g/mol. The highest BCUT2D eigenvalue weighted by atomic mass is 16.5. The summed E-state index contributed by atoms with van der Waals surface area (Å²) in [6.45, 7) is 3.97. The number of methoxy groups -OCH3 is 1. The van der Waals surface area contributed by atoms with E-state index in [9.17, 15) is 9.59 Å². The lowest BCUT2D eigenvalue weighted by molar-refractivity contribution is -0.136. The van der Waals surface area contributed by atoms with Crippen LogP contribution in [0.25, 0.3) is 0 Å². The van der Waals surface area contributed by atoms with E-state index in [0.29, 0.717) is 37.8 Å². The smallest absolute Gasteiger partial charge is 0.313 e. The summed E-state index contributed by atoms with van der Waals surface area (Å²) in [5.41, 5.74) is 1.20. The molecule has 2 aromatic carbocycles. The Labute approximate surface area is 176 Å². The number of carbonyl (C=O) groups excluding carboxylic acids is 2. The Balaban J connectivity index is 1.66. The molecule has 1 saturated heterocycles. The van der Waals surface area contributed by atoms with E-state index >= 15 is 0 Å². The summed E-state index contributed by atoms with van der Waals surface area (Å²) in [6.07, 6.45) is 1.46. The van der Waals surface area contributed by atoms with Crippen LogP contribution in [0.5, 0.6) is 11.5 Å². The van der Waals surface area contributed by atoms with E-state index in [1.807, 2.05) is 31.2 Å². The highest BCUT2D eigenvalue weighted by Crippen LogP contribution is 2.39. The first kappa shape index (κ1) is 21.6. The van der Waals surface area contributed by atoms with Gasteiger partial charge in [-0.25, -0.2) is 0 Å². The molecule has 160 valence electrons. The van der Waals surface area contributed by atoms with Crippen LogP contribution in [0.4, 0.5) is 5.69 Å². The zero-order valence-electron chi connectivity index (χ0n) is 17.4. The molecule has 7 heteroatoms. The minimum absolute atomic E-state index is 0.326. The first-order valence-electron chi connectivity index (χ1n) is 10.1. The standard InChI is InChI=1S/C23H28N2O5/c1-3-30-18-10-8-17(9-11-18)25-22(27)21(26)24-16-23(12-14-29-15-13-23)19-6-4-5-7-20(19)28-2/h4-11H,3,12-16H2,1-2H3,(H,24,26)(H,25,27). The molecule has 1 fully saturated rings. The Bertz CT molecular complexity index is 860. The monoisotopic (exact) mass is 412 g/mol. The number of nitrogens with one attached hydrogen (secondary N) is 2. The molecule has 30 heavy (non-hydrogen) atoms. The third-order valence-corrected chi connectivity index (χ3v) is 5.34. The zero-order chi connectivity index (χ0) is 21.4. The Kier molecular flexibility index (Phi) is 7.30. The SMILES string of the molecule is CCOc1ccc(NC(=O)C(=O)NCC2(c3ccccc3OC)CCOCC2)cc1. The van der Waals surface area contributed by atoms with Gasteiger partial charge in [0.2, 0.25) is 0 Å². The molecule has 2 N–H and O–H groups in total. The third-order valence-electron chi connectivity index (χ3n) is 5.34. The molecular formula is C23H28N2O5. The van der Waals surface area contributed by atoms with Crippen molar-refractivity contribution in [3.05, 3.63) is 54.1 Å². The lowest BCUT2D eigenvalue weighted by Gasteiger charge is -2.38. The number of hydrogen-bond acceptors (Lipinski definition) is 5. The van der Waals surface area contributed by atoms with E-state index in [2.05, 4.69) is 10.6 Å². The summed E-state index contributed by atoms with van der Waals surface area (Å²) in [4.78, 5) is 24.8. The predicted octanol–water partition coefficient (Wildman–Crippen LogP) is 2.90. The van der Waals surface area contributed by atoms with Crippen molar-refractivity contribution in [1.82, 2.24) is 5.32 Å². The number of para-hydroxylation sites is 1. The van der Waals surface area contributed by atoms with Crippen LogP contribution in [0.1, 0.15) is 25.3 Å². The van der Waals surface area contributed by atoms with E-state index in [-0.39, 0.29) is 5.41 Å². The maximum atomic E-state index is 12.5. The summed E-state index contributed by atoms with van der Waals surface area (Å²) in [5.74, 6) is 0.0942. The number of hydrogen-bond donors (Lipinski definition) is 2. The van der Waals surface area contributed by atoms with E-state index in [1.165, 1.54) is 0 Å². The highest BCUT2D eigenvalue weighted by molar-refractivity contribution is 6.39. The van der Waals surface area contributed by atoms with Crippen molar-refractivity contribution >= 4 is 17.5 Å². The van der Waals surface area contributed by atoms with Gasteiger partial charge in [0.05, 0.1) is 13.7 Å². The number of ether oxygens (including phenoxy) is 3. The molecule has 0 saturated carbocycles. The molecule has 2 aromatic rings. The first-order chi connectivity index (χ1) is 14.6. The van der Waals surface area contributed by atoms with Gasteiger partial charge >= 0.3 is 11.8 Å². The minimum Gasteiger partial charge on any atom is -0.496 e. The maximum Gasteiger partial charge on any atom is 0.313 e. The van der Waals surface area contributed by atoms with Gasteiger partial charge in [-0.3, -0.25) is 9.59 Å². The normalized spacial score (nSPS) is 15.1. The fourth-order valence-corrected chi connectivity index (χ4v) is 3.71. The third kappa shape index (κ3) is 5.10. The second-order valence-corrected chi connectivity index (χ2v) is 7.19. The number of benzene rings is 2. The topological polar surface area (TPSA) is 85.9 Å². The van der Waals surface area contributed by atoms with Crippen LogP contribution in [0, 0.1) is 0 Å². The van der Waals surface area contributed by atoms with Crippen molar-refractivity contribution in [2.45, 2.75) is 25.2 Å². The molecule has 0 aromatic heterocycles. The maximum absolute atomic E-state index is 12.5. The van der Waals surface area contributed by atoms with Crippen LogP contribution in [0.3, 0.4) is 0 Å². The van der Waals surface area contributed by atoms with Gasteiger partial charge in [-0.15, -0.1) is 0 Å². The molecule has 0 atom stereocenters. The van der Waals surface area contributed by atoms with Crippen molar-refractivity contribution in [3.63, 3.8) is 0 Å². The highest BCUT2D eigenvalue weighted by Gasteiger charge is 2.37. The first-order valence-corrected chi connectivity index (χ1v) is 10.1. The summed E-state index contributed by atoms with van der Waals surface area (Å²) >= 11 is 0. The van der Waals surface area contributed by atoms with Crippen molar-refractivity contribution in [2.24, 2.45) is 0 Å². The van der Waals surface area contributed by atoms with Gasteiger partial charge in [0.1, 0.15) is 11.5 Å². The van der Waals surface area contributed by atoms with Crippen molar-refractivity contribution < 1.29 is 23.8 Å². The lowest BCUT2D eigenvalue weighted by Crippen LogP contribution is -2.47. The molecule has 7 nitrogen and oxygen atoms in total. The van der Waals surface area contributed by atoms with Gasteiger partial charge < -0.3 is 24.8 Å². The number of amides is 2. The van der Waals surface area contributed by atoms with Gasteiger partial charge in [0.15, 0.2) is 0 Å². The van der Waals surface area contributed by atoms with Crippen LogP contribution in [0.2, 0.25) is 0 Å². The van der Waals surface area contributed by atoms with Crippen LogP contribution in [-0.2, 0) is 19.7 Å². The van der Waals surface area contributed by atoms with E-state index in [0.717, 1.165) is 24.2 Å². The number of anilines is 1. The molecule has 1 heterocycles. The van der Waals surface area contributed by atoms with Gasteiger partial charge in [-0.2, -0.15) is 0 Å². The molecule has 0 spiro atoms. The average Bonchev–Trinajstić information content (AvgIpc) is 2.79. The average molecular weight is 412 g/mol. The molecule has 0 aliphatic carbocycles. The predicted molar refractivity (Wildman–Crippen MR) is 114 cm³/mol. The fourth-order valence-electron chi connectivity index (χ4n) is 3.71. The van der Waals surface area contributed by atoms with Crippen LogP contribution in [-0.4, -0.2) is 45.3 Å². The number of carbonyl (C=O) groups is 2. The van der Waals surface area contributed by atoms with E-state index < -0.39 is 11.8 Å². The largest absolute Gasteiger partial charge is 0.496 e. The van der Waals surface area contributed by atoms with Crippen LogP contribution in [0.15, 0.2) is 48.5 Å². The molecule has 3 rings (SSSR count). The minimum atomic E-state index is -0.707. The van der Waals surface area contributed by atoms with Crippen molar-refractivity contribution in [1.29, 1.82) is 0 Å². The van der Waals surface area contributed by atoms with E-state index in [4.69, 9.17) is 14.2 Å². The van der Waals surface area contributed by atoms with Crippen LogP contribution < -0.4 is 20.1 Å². The second-order valence-electron chi connectivity index (χ2n) is 7.19. The summed E-state index contributed by atoms with van der Waals surface area (Å²) in [7, 11) is 1.63. The lowest BCUT2D eigenvalue weighted by atomic mass is 9.73. The Morgan fingerprint density at radius 2 is 1.73 bits per heavy atom. The Hall–Kier alpha value is -3.06. The molecule has 0 radical (unpaired) electrons. The zero-order valence-corrected chi connectivity index (χ0v) is 17.4. The fraction of sp³-hybridized carbons (Fsp3) is 0.391. The molecule has 0 bridgehead atoms. The summed E-state index contributed by atoms with van der Waals surface area (Å²) < 4.78 is 16.5. The van der Waals surface area contributed by atoms with E-state index in [1.54, 1.807) is 31.4 Å². The van der Waals surface area contributed by atoms with Gasteiger partial charge in [0.25, 0.3) is 0 Å². The Morgan fingerprint density at radius 1 is 1.03 bits per heavy atom. The quantitative estimate of drug-likeness (QED) is 0.683. The molecule has 2 amide bonds. The molecule has 1 aliphatic heterocycles. The van der Waals surface area contributed by atoms with Crippen LogP contribution >= 0.6 is 0 Å². The van der Waals surface area contributed by atoms with Crippen molar-refractivity contribution in [2.75, 3.05) is 38.8 Å². The second kappa shape index (κ2) is 10.1. The van der Waals surface area contributed by atoms with Gasteiger partial charge in [-0.1, -0.05) is 18.2 Å². The Morgan fingerprint density at radius 3 is 2.40 bits per heavy atom. The summed E-state index contributed by atoms with van der Waals surface area (Å²) in [6, 6.07) is 14.7. The molecule has 1 aliphatic rings. The van der Waals surface area contributed by atoms with Gasteiger partial charge in [0, 0.05) is 36.4 Å².